The molecule has 0 aliphatic heterocycles. The van der Waals surface area contributed by atoms with Crippen LogP contribution in [0, 0.1) is 6.92 Å². The number of likely N-dealkylation sites (N-methyl/N-ethyl adjacent to an activating group) is 1. The molecule has 0 unspecified atom stereocenters. The van der Waals surface area contributed by atoms with Crippen molar-refractivity contribution in [1.29, 1.82) is 0 Å². The van der Waals surface area contributed by atoms with Crippen LogP contribution in [0.1, 0.15) is 16.7 Å². The van der Waals surface area contributed by atoms with Crippen LogP contribution in [0.15, 0.2) is 72.8 Å². The van der Waals surface area contributed by atoms with E-state index in [1.54, 1.807) is 12.1 Å². The van der Waals surface area contributed by atoms with Gasteiger partial charge in [0.2, 0.25) is 21.8 Å². The lowest BCUT2D eigenvalue weighted by Crippen LogP contribution is -2.52. The summed E-state index contributed by atoms with van der Waals surface area (Å²) >= 11 is 0. The normalized spacial score (nSPS) is 11.8. The number of carbonyl (C=O) groups excluding carboxylic acids is 2. The summed E-state index contributed by atoms with van der Waals surface area (Å²) in [4.78, 5) is 28.6. The number of hydrogen-bond acceptors (Lipinski definition) is 6. The van der Waals surface area contributed by atoms with Gasteiger partial charge in [-0.2, -0.15) is 0 Å². The molecule has 0 saturated carbocycles. The summed E-state index contributed by atoms with van der Waals surface area (Å²) in [6.07, 6.45) is 1.27. The standard InChI is InChI=1S/C29H35N3O6S/c1-21-11-13-23(14-12-21)19-31(26(29(34)30-2)17-22-9-7-6-8-10-22)28(33)20-32(39(5,35)36)25-18-24(37-3)15-16-27(25)38-4/h6-16,18,26H,17,19-20H2,1-5H3,(H,30,34)/t26-/m0/s1. The molecule has 0 aliphatic rings. The Kier molecular flexibility index (Phi) is 9.95. The van der Waals surface area contributed by atoms with E-state index in [2.05, 4.69) is 5.32 Å². The number of amides is 2. The van der Waals surface area contributed by atoms with Gasteiger partial charge in [-0.15, -0.1) is 0 Å². The summed E-state index contributed by atoms with van der Waals surface area (Å²) in [7, 11) is 0.446. The van der Waals surface area contributed by atoms with Gasteiger partial charge in [0.05, 0.1) is 26.2 Å². The third kappa shape index (κ3) is 7.73. The summed E-state index contributed by atoms with van der Waals surface area (Å²) < 4.78 is 37.6. The van der Waals surface area contributed by atoms with Gasteiger partial charge in [-0.3, -0.25) is 13.9 Å². The van der Waals surface area contributed by atoms with Crippen molar-refractivity contribution in [3.63, 3.8) is 0 Å². The van der Waals surface area contributed by atoms with Gasteiger partial charge >= 0.3 is 0 Å². The second-order valence-corrected chi connectivity index (χ2v) is 11.0. The topological polar surface area (TPSA) is 105 Å². The molecular formula is C29H35N3O6S. The van der Waals surface area contributed by atoms with Crippen molar-refractivity contribution in [3.8, 4) is 11.5 Å². The van der Waals surface area contributed by atoms with Crippen molar-refractivity contribution < 1.29 is 27.5 Å². The minimum absolute atomic E-state index is 0.108. The Bertz CT molecular complexity index is 1380. The van der Waals surface area contributed by atoms with Gasteiger partial charge in [0.15, 0.2) is 0 Å². The number of benzene rings is 3. The van der Waals surface area contributed by atoms with Crippen molar-refractivity contribution in [2.45, 2.75) is 25.9 Å². The van der Waals surface area contributed by atoms with Crippen LogP contribution < -0.4 is 19.1 Å². The van der Waals surface area contributed by atoms with Gasteiger partial charge in [0.1, 0.15) is 24.1 Å². The molecule has 2 amide bonds. The van der Waals surface area contributed by atoms with E-state index in [9.17, 15) is 18.0 Å². The Morgan fingerprint density at radius 1 is 0.923 bits per heavy atom. The van der Waals surface area contributed by atoms with Crippen molar-refractivity contribution >= 4 is 27.5 Å². The number of rotatable bonds is 12. The van der Waals surface area contributed by atoms with E-state index < -0.39 is 28.5 Å². The molecule has 3 rings (SSSR count). The minimum Gasteiger partial charge on any atom is -0.497 e. The van der Waals surface area contributed by atoms with Crippen LogP contribution in [0.4, 0.5) is 5.69 Å². The van der Waals surface area contributed by atoms with E-state index in [0.29, 0.717) is 5.75 Å². The number of anilines is 1. The fourth-order valence-electron chi connectivity index (χ4n) is 4.20. The maximum Gasteiger partial charge on any atom is 0.244 e. The molecule has 0 heterocycles. The molecule has 0 bridgehead atoms. The first-order chi connectivity index (χ1) is 18.6. The van der Waals surface area contributed by atoms with Gasteiger partial charge < -0.3 is 19.7 Å². The van der Waals surface area contributed by atoms with E-state index >= 15 is 0 Å². The lowest BCUT2D eigenvalue weighted by atomic mass is 10.0. The van der Waals surface area contributed by atoms with Crippen molar-refractivity contribution in [2.75, 3.05) is 38.4 Å². The smallest absolute Gasteiger partial charge is 0.244 e. The van der Waals surface area contributed by atoms with Crippen LogP contribution in [-0.2, 0) is 32.6 Å². The van der Waals surface area contributed by atoms with E-state index in [-0.39, 0.29) is 30.3 Å². The number of carbonyl (C=O) groups is 2. The molecule has 0 saturated heterocycles. The Balaban J connectivity index is 2.07. The van der Waals surface area contributed by atoms with Gasteiger partial charge in [0, 0.05) is 26.1 Å². The Morgan fingerprint density at radius 2 is 1.59 bits per heavy atom. The Labute approximate surface area is 230 Å². The number of nitrogens with zero attached hydrogens (tertiary/aromatic N) is 2. The average molecular weight is 554 g/mol. The summed E-state index contributed by atoms with van der Waals surface area (Å²) in [6.45, 7) is 1.52. The molecule has 10 heteroatoms. The zero-order valence-electron chi connectivity index (χ0n) is 22.9. The number of hydrogen-bond donors (Lipinski definition) is 1. The monoisotopic (exact) mass is 553 g/mol. The molecule has 208 valence electrons. The molecule has 9 nitrogen and oxygen atoms in total. The predicted octanol–water partition coefficient (Wildman–Crippen LogP) is 3.16. The van der Waals surface area contributed by atoms with E-state index in [1.807, 2.05) is 61.5 Å². The molecule has 0 aliphatic carbocycles. The van der Waals surface area contributed by atoms with Gasteiger partial charge in [0.25, 0.3) is 0 Å². The summed E-state index contributed by atoms with van der Waals surface area (Å²) in [5, 5.41) is 2.66. The number of aryl methyl sites for hydroxylation is 1. The van der Waals surface area contributed by atoms with Crippen LogP contribution in [0.3, 0.4) is 0 Å². The Hall–Kier alpha value is -4.05. The SMILES string of the molecule is CNC(=O)[C@H](Cc1ccccc1)N(Cc1ccc(C)cc1)C(=O)CN(c1cc(OC)ccc1OC)S(C)(=O)=O. The fourth-order valence-corrected chi connectivity index (χ4v) is 5.04. The van der Waals surface area contributed by atoms with E-state index in [1.165, 1.54) is 32.2 Å². The van der Waals surface area contributed by atoms with Crippen LogP contribution in [0.5, 0.6) is 11.5 Å². The quantitative estimate of drug-likeness (QED) is 0.370. The van der Waals surface area contributed by atoms with Crippen molar-refractivity contribution in [1.82, 2.24) is 10.2 Å². The first-order valence-electron chi connectivity index (χ1n) is 12.4. The molecule has 3 aromatic carbocycles. The minimum atomic E-state index is -3.94. The molecule has 39 heavy (non-hydrogen) atoms. The number of sulfonamides is 1. The molecular weight excluding hydrogens is 518 g/mol. The van der Waals surface area contributed by atoms with Crippen LogP contribution in [0.25, 0.3) is 0 Å². The molecule has 0 fully saturated rings. The van der Waals surface area contributed by atoms with Crippen LogP contribution in [-0.4, -0.2) is 65.2 Å². The van der Waals surface area contributed by atoms with Crippen molar-refractivity contribution in [2.24, 2.45) is 0 Å². The number of ether oxygens (including phenoxy) is 2. The average Bonchev–Trinajstić information content (AvgIpc) is 2.93. The summed E-state index contributed by atoms with van der Waals surface area (Å²) in [6, 6.07) is 20.8. The summed E-state index contributed by atoms with van der Waals surface area (Å²) in [5.74, 6) is -0.249. The van der Waals surface area contributed by atoms with Crippen molar-refractivity contribution in [3.05, 3.63) is 89.5 Å². The first kappa shape index (κ1) is 29.5. The van der Waals surface area contributed by atoms with E-state index in [0.717, 1.165) is 27.3 Å². The zero-order valence-corrected chi connectivity index (χ0v) is 23.7. The summed E-state index contributed by atoms with van der Waals surface area (Å²) in [5.41, 5.74) is 2.88. The first-order valence-corrected chi connectivity index (χ1v) is 14.2. The molecule has 1 atom stereocenters. The second kappa shape index (κ2) is 13.1. The maximum atomic E-state index is 14.0. The lowest BCUT2D eigenvalue weighted by Gasteiger charge is -2.33. The maximum absolute atomic E-state index is 14.0. The van der Waals surface area contributed by atoms with Crippen LogP contribution in [0.2, 0.25) is 0 Å². The molecule has 1 N–H and O–H groups in total. The van der Waals surface area contributed by atoms with Gasteiger partial charge in [-0.1, -0.05) is 60.2 Å². The largest absolute Gasteiger partial charge is 0.497 e. The van der Waals surface area contributed by atoms with Crippen LogP contribution >= 0.6 is 0 Å². The lowest BCUT2D eigenvalue weighted by molar-refractivity contribution is -0.139. The molecule has 0 radical (unpaired) electrons. The highest BCUT2D eigenvalue weighted by Gasteiger charge is 2.33. The fraction of sp³-hybridized carbons (Fsp3) is 0.310. The third-order valence-electron chi connectivity index (χ3n) is 6.32. The molecule has 0 aromatic heterocycles. The highest BCUT2D eigenvalue weighted by atomic mass is 32.2. The number of methoxy groups -OCH3 is 2. The Morgan fingerprint density at radius 3 is 2.15 bits per heavy atom. The second-order valence-electron chi connectivity index (χ2n) is 9.13. The molecule has 0 spiro atoms. The highest BCUT2D eigenvalue weighted by Crippen LogP contribution is 2.34. The number of nitrogens with one attached hydrogen (secondary N) is 1. The van der Waals surface area contributed by atoms with E-state index in [4.69, 9.17) is 9.47 Å². The third-order valence-corrected chi connectivity index (χ3v) is 7.45. The highest BCUT2D eigenvalue weighted by molar-refractivity contribution is 7.92. The van der Waals surface area contributed by atoms with Gasteiger partial charge in [-0.05, 0) is 30.2 Å². The van der Waals surface area contributed by atoms with Gasteiger partial charge in [-0.25, -0.2) is 8.42 Å². The molecule has 3 aromatic rings. The zero-order chi connectivity index (χ0) is 28.6. The predicted molar refractivity (Wildman–Crippen MR) is 151 cm³/mol.